The molecule has 5 heteroatoms. The highest BCUT2D eigenvalue weighted by molar-refractivity contribution is 14.0. The van der Waals surface area contributed by atoms with E-state index in [0.717, 1.165) is 12.5 Å². The molecule has 0 saturated carbocycles. The molecule has 0 spiro atoms. The highest BCUT2D eigenvalue weighted by Crippen LogP contribution is 2.23. The summed E-state index contributed by atoms with van der Waals surface area (Å²) in [5.41, 5.74) is 2.64. The minimum absolute atomic E-state index is 0. The Morgan fingerprint density at radius 3 is 2.52 bits per heavy atom. The van der Waals surface area contributed by atoms with Gasteiger partial charge in [-0.3, -0.25) is 4.99 Å². The zero-order valence-corrected chi connectivity index (χ0v) is 17.1. The first-order chi connectivity index (χ1) is 10.6. The van der Waals surface area contributed by atoms with Crippen LogP contribution < -0.4 is 15.5 Å². The number of rotatable bonds is 5. The Bertz CT molecular complexity index is 496. The number of hydrogen-bond donors (Lipinski definition) is 2. The monoisotopic (exact) mass is 430 g/mol. The predicted molar refractivity (Wildman–Crippen MR) is 111 cm³/mol. The van der Waals surface area contributed by atoms with Crippen LogP contribution in [0.15, 0.2) is 29.3 Å². The molecule has 0 radical (unpaired) electrons. The topological polar surface area (TPSA) is 39.7 Å². The number of nitrogens with one attached hydrogen (secondary N) is 2. The second kappa shape index (κ2) is 10.0. The van der Waals surface area contributed by atoms with Crippen molar-refractivity contribution in [3.8, 4) is 0 Å². The molecule has 2 N–H and O–H groups in total. The Labute approximate surface area is 158 Å². The van der Waals surface area contributed by atoms with Crippen LogP contribution >= 0.6 is 24.0 Å². The van der Waals surface area contributed by atoms with E-state index >= 15 is 0 Å². The van der Waals surface area contributed by atoms with E-state index in [9.17, 15) is 0 Å². The third kappa shape index (κ3) is 6.20. The van der Waals surface area contributed by atoms with Crippen molar-refractivity contribution in [1.29, 1.82) is 0 Å². The van der Waals surface area contributed by atoms with Gasteiger partial charge in [0.15, 0.2) is 5.96 Å². The van der Waals surface area contributed by atoms with Crippen LogP contribution in [-0.2, 0) is 0 Å². The average molecular weight is 430 g/mol. The molecule has 4 nitrogen and oxygen atoms in total. The zero-order chi connectivity index (χ0) is 15.9. The summed E-state index contributed by atoms with van der Waals surface area (Å²) in [4.78, 5) is 6.78. The third-order valence-corrected chi connectivity index (χ3v) is 4.10. The van der Waals surface area contributed by atoms with Crippen LogP contribution in [-0.4, -0.2) is 32.6 Å². The van der Waals surface area contributed by atoms with Crippen molar-refractivity contribution >= 4 is 35.6 Å². The fourth-order valence-electron chi connectivity index (χ4n) is 2.75. The third-order valence-electron chi connectivity index (χ3n) is 4.10. The van der Waals surface area contributed by atoms with Crippen LogP contribution in [0.4, 0.5) is 5.69 Å². The van der Waals surface area contributed by atoms with Gasteiger partial charge in [-0.05, 0) is 43.4 Å². The molecule has 0 aromatic heterocycles. The maximum Gasteiger partial charge on any atom is 0.191 e. The van der Waals surface area contributed by atoms with Gasteiger partial charge in [0.2, 0.25) is 0 Å². The largest absolute Gasteiger partial charge is 0.372 e. The SMILES string of the molecule is CN=C(NCC(C)C)NC(C)c1cccc(N2CCCC2)c1.I. The maximum atomic E-state index is 4.31. The highest BCUT2D eigenvalue weighted by atomic mass is 127. The standard InChI is InChI=1S/C18H30N4.HI/c1-14(2)13-20-18(19-4)21-15(3)16-8-7-9-17(12-16)22-10-5-6-11-22;/h7-9,12,14-15H,5-6,10-11,13H2,1-4H3,(H2,19,20,21);1H. The molecular formula is C18H31IN4. The molecule has 0 aliphatic carbocycles. The van der Waals surface area contributed by atoms with Crippen LogP contribution in [0.2, 0.25) is 0 Å². The molecule has 0 amide bonds. The molecule has 1 aromatic carbocycles. The Hall–Kier alpha value is -0.980. The molecule has 0 bridgehead atoms. The molecule has 2 rings (SSSR count). The average Bonchev–Trinajstić information content (AvgIpc) is 3.05. The molecule has 1 aromatic rings. The first kappa shape index (κ1) is 20.1. The lowest BCUT2D eigenvalue weighted by atomic mass is 10.1. The second-order valence-corrected chi connectivity index (χ2v) is 6.50. The Balaban J connectivity index is 0.00000264. The van der Waals surface area contributed by atoms with E-state index in [1.54, 1.807) is 0 Å². The van der Waals surface area contributed by atoms with E-state index in [1.165, 1.54) is 37.2 Å². The number of halogens is 1. The van der Waals surface area contributed by atoms with Crippen LogP contribution in [0.5, 0.6) is 0 Å². The van der Waals surface area contributed by atoms with Gasteiger partial charge in [0.25, 0.3) is 0 Å². The van der Waals surface area contributed by atoms with E-state index in [1.807, 2.05) is 7.05 Å². The fourth-order valence-corrected chi connectivity index (χ4v) is 2.75. The number of hydrogen-bond acceptors (Lipinski definition) is 2. The first-order valence-corrected chi connectivity index (χ1v) is 8.42. The minimum Gasteiger partial charge on any atom is -0.372 e. The van der Waals surface area contributed by atoms with E-state index < -0.39 is 0 Å². The number of guanidine groups is 1. The summed E-state index contributed by atoms with van der Waals surface area (Å²) in [7, 11) is 1.82. The molecule has 23 heavy (non-hydrogen) atoms. The van der Waals surface area contributed by atoms with Gasteiger partial charge in [0, 0.05) is 32.4 Å². The van der Waals surface area contributed by atoms with Crippen molar-refractivity contribution in [3.63, 3.8) is 0 Å². The van der Waals surface area contributed by atoms with E-state index in [4.69, 9.17) is 0 Å². The van der Waals surface area contributed by atoms with Gasteiger partial charge in [-0.1, -0.05) is 26.0 Å². The molecule has 1 atom stereocenters. The van der Waals surface area contributed by atoms with Gasteiger partial charge in [0.1, 0.15) is 0 Å². The number of benzene rings is 1. The van der Waals surface area contributed by atoms with Gasteiger partial charge in [-0.25, -0.2) is 0 Å². The Kier molecular flexibility index (Phi) is 8.73. The van der Waals surface area contributed by atoms with Crippen molar-refractivity contribution in [2.75, 3.05) is 31.6 Å². The van der Waals surface area contributed by atoms with Gasteiger partial charge in [0.05, 0.1) is 6.04 Å². The molecular weight excluding hydrogens is 399 g/mol. The number of anilines is 1. The number of nitrogens with zero attached hydrogens (tertiary/aromatic N) is 2. The highest BCUT2D eigenvalue weighted by Gasteiger charge is 2.14. The van der Waals surface area contributed by atoms with Crippen LogP contribution in [0.1, 0.15) is 45.2 Å². The van der Waals surface area contributed by atoms with Crippen molar-refractivity contribution in [2.45, 2.75) is 39.7 Å². The van der Waals surface area contributed by atoms with Crippen molar-refractivity contribution in [3.05, 3.63) is 29.8 Å². The fraction of sp³-hybridized carbons (Fsp3) is 0.611. The predicted octanol–water partition coefficient (Wildman–Crippen LogP) is 3.79. The summed E-state index contributed by atoms with van der Waals surface area (Å²) in [5.74, 6) is 1.47. The molecule has 1 saturated heterocycles. The van der Waals surface area contributed by atoms with E-state index in [0.29, 0.717) is 5.92 Å². The number of aliphatic imine (C=N–C) groups is 1. The molecule has 1 fully saturated rings. The van der Waals surface area contributed by atoms with E-state index in [-0.39, 0.29) is 30.0 Å². The lowest BCUT2D eigenvalue weighted by Crippen LogP contribution is -2.40. The Morgan fingerprint density at radius 1 is 1.22 bits per heavy atom. The minimum atomic E-state index is 0. The zero-order valence-electron chi connectivity index (χ0n) is 14.8. The smallest absolute Gasteiger partial charge is 0.191 e. The normalized spacial score (nSPS) is 16.2. The summed E-state index contributed by atoms with van der Waals surface area (Å²) in [5, 5.41) is 6.84. The first-order valence-electron chi connectivity index (χ1n) is 8.42. The molecule has 1 heterocycles. The Morgan fingerprint density at radius 2 is 1.91 bits per heavy atom. The van der Waals surface area contributed by atoms with Crippen molar-refractivity contribution < 1.29 is 0 Å². The van der Waals surface area contributed by atoms with Crippen LogP contribution in [0.3, 0.4) is 0 Å². The van der Waals surface area contributed by atoms with Crippen LogP contribution in [0, 0.1) is 5.92 Å². The second-order valence-electron chi connectivity index (χ2n) is 6.50. The van der Waals surface area contributed by atoms with Crippen LogP contribution in [0.25, 0.3) is 0 Å². The van der Waals surface area contributed by atoms with Gasteiger partial charge < -0.3 is 15.5 Å². The maximum absolute atomic E-state index is 4.31. The van der Waals surface area contributed by atoms with Gasteiger partial charge in [-0.2, -0.15) is 0 Å². The summed E-state index contributed by atoms with van der Waals surface area (Å²) in [6.45, 7) is 9.88. The van der Waals surface area contributed by atoms with Gasteiger partial charge in [-0.15, -0.1) is 24.0 Å². The molecule has 130 valence electrons. The lowest BCUT2D eigenvalue weighted by molar-refractivity contribution is 0.602. The molecule has 1 unspecified atom stereocenters. The summed E-state index contributed by atoms with van der Waals surface area (Å²) >= 11 is 0. The van der Waals surface area contributed by atoms with Crippen molar-refractivity contribution in [1.82, 2.24) is 10.6 Å². The quantitative estimate of drug-likeness (QED) is 0.424. The molecule has 1 aliphatic heterocycles. The van der Waals surface area contributed by atoms with Gasteiger partial charge >= 0.3 is 0 Å². The lowest BCUT2D eigenvalue weighted by Gasteiger charge is -2.22. The summed E-state index contributed by atoms with van der Waals surface area (Å²) < 4.78 is 0. The summed E-state index contributed by atoms with van der Waals surface area (Å²) in [6.07, 6.45) is 2.62. The molecule has 1 aliphatic rings. The summed E-state index contributed by atoms with van der Waals surface area (Å²) in [6, 6.07) is 9.10. The van der Waals surface area contributed by atoms with E-state index in [2.05, 4.69) is 65.6 Å². The van der Waals surface area contributed by atoms with Crippen molar-refractivity contribution in [2.24, 2.45) is 10.9 Å².